The maximum Gasteiger partial charge on any atom is 0.164 e. The van der Waals surface area contributed by atoms with Crippen LogP contribution in [0.4, 0.5) is 0 Å². The highest BCUT2D eigenvalue weighted by Crippen LogP contribution is 2.36. The molecule has 9 aromatic carbocycles. The molecule has 0 fully saturated rings. The summed E-state index contributed by atoms with van der Waals surface area (Å²) in [7, 11) is 0. The molecule has 0 saturated heterocycles. The first-order chi connectivity index (χ1) is 29.2. The molecule has 59 heavy (non-hydrogen) atoms. The summed E-state index contributed by atoms with van der Waals surface area (Å²) in [5.74, 6) is 1.88. The minimum absolute atomic E-state index is 0.622. The van der Waals surface area contributed by atoms with Gasteiger partial charge in [-0.2, -0.15) is 0 Å². The van der Waals surface area contributed by atoms with E-state index in [1.807, 2.05) is 6.07 Å². The highest BCUT2D eigenvalue weighted by molar-refractivity contribution is 6.10. The number of fused-ring (bicyclic) bond motifs is 4. The molecule has 4 nitrogen and oxygen atoms in total. The van der Waals surface area contributed by atoms with Crippen molar-refractivity contribution >= 4 is 32.6 Å². The third-order valence-corrected chi connectivity index (χ3v) is 11.3. The smallest absolute Gasteiger partial charge is 0.164 e. The molecule has 0 aliphatic carbocycles. The van der Waals surface area contributed by atoms with Gasteiger partial charge in [0.1, 0.15) is 0 Å². The molecule has 0 spiro atoms. The van der Waals surface area contributed by atoms with Crippen molar-refractivity contribution in [2.45, 2.75) is 0 Å². The van der Waals surface area contributed by atoms with E-state index in [1.54, 1.807) is 0 Å². The normalized spacial score (nSPS) is 11.4. The summed E-state index contributed by atoms with van der Waals surface area (Å²) in [6.07, 6.45) is 0. The number of para-hydroxylation sites is 1. The summed E-state index contributed by atoms with van der Waals surface area (Å²) in [6.45, 7) is 0. The second-order valence-corrected chi connectivity index (χ2v) is 14.9. The fraction of sp³-hybridized carbons (Fsp3) is 0. The molecule has 0 radical (unpaired) electrons. The van der Waals surface area contributed by atoms with E-state index in [-0.39, 0.29) is 0 Å². The molecule has 0 N–H and O–H groups in total. The maximum atomic E-state index is 5.11. The van der Waals surface area contributed by atoms with Crippen molar-refractivity contribution in [3.63, 3.8) is 0 Å². The Labute approximate surface area is 342 Å². The van der Waals surface area contributed by atoms with E-state index in [9.17, 15) is 0 Å². The molecule has 0 atom stereocenters. The largest absolute Gasteiger partial charge is 0.309 e. The lowest BCUT2D eigenvalue weighted by Gasteiger charge is -2.11. The Morgan fingerprint density at radius 2 is 0.661 bits per heavy atom. The van der Waals surface area contributed by atoms with E-state index in [0.717, 1.165) is 44.5 Å². The van der Waals surface area contributed by atoms with E-state index < -0.39 is 0 Å². The topological polar surface area (TPSA) is 43.6 Å². The molecule has 0 unspecified atom stereocenters. The zero-order chi connectivity index (χ0) is 39.1. The lowest BCUT2D eigenvalue weighted by atomic mass is 10.00. The monoisotopic (exact) mass is 752 g/mol. The van der Waals surface area contributed by atoms with Gasteiger partial charge < -0.3 is 4.57 Å². The van der Waals surface area contributed by atoms with Gasteiger partial charge in [-0.3, -0.25) is 0 Å². The molecule has 2 heterocycles. The van der Waals surface area contributed by atoms with E-state index >= 15 is 0 Å². The molecule has 276 valence electrons. The predicted octanol–water partition coefficient (Wildman–Crippen LogP) is 14.1. The summed E-state index contributed by atoms with van der Waals surface area (Å²) in [6, 6.07) is 77.0. The fourth-order valence-corrected chi connectivity index (χ4v) is 8.21. The van der Waals surface area contributed by atoms with Crippen molar-refractivity contribution in [1.82, 2.24) is 19.5 Å². The number of nitrogens with zero attached hydrogens (tertiary/aromatic N) is 4. The number of rotatable bonds is 7. The molecule has 0 aliphatic rings. The van der Waals surface area contributed by atoms with Gasteiger partial charge in [-0.25, -0.2) is 15.0 Å². The number of benzene rings is 9. The average molecular weight is 753 g/mol. The van der Waals surface area contributed by atoms with Crippen molar-refractivity contribution in [3.05, 3.63) is 218 Å². The van der Waals surface area contributed by atoms with Gasteiger partial charge in [0.2, 0.25) is 0 Å². The SMILES string of the molecule is c1ccc(-c2ccc(-c3nc(-c4ccc(-c5ccc6ccccc6c5)cc4)nc(-c4ccc(-n5c6ccccc6c6cc(-c7ccccc7)ccc65)cc4)n3)cc2)cc1. The summed E-state index contributed by atoms with van der Waals surface area (Å²) >= 11 is 0. The van der Waals surface area contributed by atoms with Crippen LogP contribution >= 0.6 is 0 Å². The Bertz CT molecular complexity index is 3280. The first-order valence-corrected chi connectivity index (χ1v) is 19.9. The van der Waals surface area contributed by atoms with Gasteiger partial charge in [0.05, 0.1) is 11.0 Å². The molecule has 11 aromatic rings. The third-order valence-electron chi connectivity index (χ3n) is 11.3. The van der Waals surface area contributed by atoms with Crippen LogP contribution < -0.4 is 0 Å². The van der Waals surface area contributed by atoms with Gasteiger partial charge in [0.25, 0.3) is 0 Å². The highest BCUT2D eigenvalue weighted by Gasteiger charge is 2.16. The second-order valence-electron chi connectivity index (χ2n) is 14.9. The van der Waals surface area contributed by atoms with Crippen LogP contribution in [0.2, 0.25) is 0 Å². The van der Waals surface area contributed by atoms with Crippen molar-refractivity contribution in [2.24, 2.45) is 0 Å². The molecule has 0 amide bonds. The first kappa shape index (κ1) is 34.3. The van der Waals surface area contributed by atoms with Gasteiger partial charge in [-0.1, -0.05) is 170 Å². The van der Waals surface area contributed by atoms with Crippen LogP contribution in [0.15, 0.2) is 218 Å². The molecule has 0 saturated carbocycles. The Morgan fingerprint density at radius 3 is 1.29 bits per heavy atom. The van der Waals surface area contributed by atoms with Crippen LogP contribution in [0.25, 0.3) is 106 Å². The van der Waals surface area contributed by atoms with Crippen molar-refractivity contribution in [2.75, 3.05) is 0 Å². The predicted molar refractivity (Wildman–Crippen MR) is 244 cm³/mol. The molecule has 0 aliphatic heterocycles. The van der Waals surface area contributed by atoms with Crippen LogP contribution in [-0.4, -0.2) is 19.5 Å². The summed E-state index contributed by atoms with van der Waals surface area (Å²) < 4.78 is 2.35. The molecular formula is C55H36N4. The number of hydrogen-bond acceptors (Lipinski definition) is 3. The fourth-order valence-electron chi connectivity index (χ4n) is 8.21. The first-order valence-electron chi connectivity index (χ1n) is 19.9. The Kier molecular flexibility index (Phi) is 8.45. The lowest BCUT2D eigenvalue weighted by Crippen LogP contribution is -2.00. The Balaban J connectivity index is 0.987. The van der Waals surface area contributed by atoms with E-state index in [4.69, 9.17) is 15.0 Å². The quantitative estimate of drug-likeness (QED) is 0.163. The van der Waals surface area contributed by atoms with Crippen molar-refractivity contribution < 1.29 is 0 Å². The van der Waals surface area contributed by atoms with Crippen LogP contribution in [0.1, 0.15) is 0 Å². The van der Waals surface area contributed by atoms with E-state index in [0.29, 0.717) is 17.5 Å². The minimum atomic E-state index is 0.622. The Hall–Kier alpha value is -7.95. The minimum Gasteiger partial charge on any atom is -0.309 e. The Morgan fingerprint density at radius 1 is 0.254 bits per heavy atom. The van der Waals surface area contributed by atoms with Crippen LogP contribution in [0.3, 0.4) is 0 Å². The van der Waals surface area contributed by atoms with E-state index in [1.165, 1.54) is 43.8 Å². The highest BCUT2D eigenvalue weighted by atomic mass is 15.0. The summed E-state index contributed by atoms with van der Waals surface area (Å²) in [5.41, 5.74) is 13.2. The summed E-state index contributed by atoms with van der Waals surface area (Å²) in [4.78, 5) is 15.3. The number of aromatic nitrogens is 4. The molecular weight excluding hydrogens is 717 g/mol. The van der Waals surface area contributed by atoms with E-state index in [2.05, 4.69) is 217 Å². The average Bonchev–Trinajstić information content (AvgIpc) is 3.65. The van der Waals surface area contributed by atoms with Crippen LogP contribution in [0.5, 0.6) is 0 Å². The zero-order valence-electron chi connectivity index (χ0n) is 32.1. The van der Waals surface area contributed by atoms with Crippen molar-refractivity contribution in [1.29, 1.82) is 0 Å². The van der Waals surface area contributed by atoms with Gasteiger partial charge in [-0.05, 0) is 92.7 Å². The molecule has 0 bridgehead atoms. The second kappa shape index (κ2) is 14.5. The van der Waals surface area contributed by atoms with Gasteiger partial charge in [0, 0.05) is 33.2 Å². The van der Waals surface area contributed by atoms with Crippen LogP contribution in [0, 0.1) is 0 Å². The zero-order valence-corrected chi connectivity index (χ0v) is 32.1. The van der Waals surface area contributed by atoms with Gasteiger partial charge >= 0.3 is 0 Å². The molecule has 11 rings (SSSR count). The molecule has 2 aromatic heterocycles. The van der Waals surface area contributed by atoms with Crippen LogP contribution in [-0.2, 0) is 0 Å². The maximum absolute atomic E-state index is 5.11. The van der Waals surface area contributed by atoms with Gasteiger partial charge in [-0.15, -0.1) is 0 Å². The van der Waals surface area contributed by atoms with Gasteiger partial charge in [0.15, 0.2) is 17.5 Å². The third kappa shape index (κ3) is 6.43. The molecule has 4 heteroatoms. The summed E-state index contributed by atoms with van der Waals surface area (Å²) in [5, 5.41) is 4.90. The van der Waals surface area contributed by atoms with Crippen molar-refractivity contribution in [3.8, 4) is 73.2 Å². The standard InChI is InChI=1S/C55H36N4/c1-3-11-37(12-4-1)40-19-24-42(25-20-40)53-56-54(43-26-21-41(22-27-43)46-28-23-39-15-7-8-16-45(39)35-46)58-55(57-53)44-29-32-48(33-30-44)59-51-18-10-9-17-49(51)50-36-47(31-34-52(50)59)38-13-5-2-6-14-38/h1-36H. The lowest BCUT2D eigenvalue weighted by molar-refractivity contribution is 1.07. The number of hydrogen-bond donors (Lipinski definition) is 0.